The summed E-state index contributed by atoms with van der Waals surface area (Å²) in [5, 5.41) is 10.8. The van der Waals surface area contributed by atoms with Crippen LogP contribution in [0.5, 0.6) is 0 Å². The molecule has 0 bridgehead atoms. The molecule has 2 heterocycles. The Balaban J connectivity index is 2.27. The summed E-state index contributed by atoms with van der Waals surface area (Å²) in [6.45, 7) is 6.38. The molecule has 0 saturated carbocycles. The van der Waals surface area contributed by atoms with Crippen LogP contribution in [0.4, 0.5) is 5.82 Å². The molecule has 1 saturated heterocycles. The summed E-state index contributed by atoms with van der Waals surface area (Å²) in [5.41, 5.74) is 6.39. The van der Waals surface area contributed by atoms with Crippen LogP contribution in [0.3, 0.4) is 0 Å². The molecule has 19 heavy (non-hydrogen) atoms. The van der Waals surface area contributed by atoms with Gasteiger partial charge in [-0.05, 0) is 45.3 Å². The van der Waals surface area contributed by atoms with E-state index >= 15 is 0 Å². The molecule has 4 nitrogen and oxygen atoms in total. The van der Waals surface area contributed by atoms with Crippen LogP contribution < -0.4 is 5.73 Å². The van der Waals surface area contributed by atoms with Crippen molar-refractivity contribution >= 4 is 5.82 Å². The molecular formula is C15H25N3O. The number of aliphatic hydroxyl groups excluding tert-OH is 1. The maximum Gasteiger partial charge on any atom is 0.129 e. The van der Waals surface area contributed by atoms with E-state index in [-0.39, 0.29) is 5.54 Å². The van der Waals surface area contributed by atoms with Gasteiger partial charge in [0.1, 0.15) is 11.9 Å². The molecule has 0 spiro atoms. The van der Waals surface area contributed by atoms with Crippen molar-refractivity contribution in [3.8, 4) is 0 Å². The molecule has 1 aromatic heterocycles. The number of hydrogen-bond donors (Lipinski definition) is 2. The number of aromatic nitrogens is 1. The number of pyridine rings is 1. The third kappa shape index (κ3) is 2.74. The monoisotopic (exact) mass is 263 g/mol. The van der Waals surface area contributed by atoms with Gasteiger partial charge < -0.3 is 10.8 Å². The maximum absolute atomic E-state index is 10.8. The molecule has 4 heteroatoms. The molecule has 0 aliphatic carbocycles. The fraction of sp³-hybridized carbons (Fsp3) is 0.667. The van der Waals surface area contributed by atoms with Gasteiger partial charge in [0.15, 0.2) is 0 Å². The zero-order chi connectivity index (χ0) is 13.9. The predicted octanol–water partition coefficient (Wildman–Crippen LogP) is 2.35. The summed E-state index contributed by atoms with van der Waals surface area (Å²) in [5.74, 6) is 0.437. The Bertz CT molecular complexity index is 418. The van der Waals surface area contributed by atoms with Crippen molar-refractivity contribution in [1.82, 2.24) is 9.88 Å². The van der Waals surface area contributed by atoms with Gasteiger partial charge in [-0.25, -0.2) is 4.98 Å². The summed E-state index contributed by atoms with van der Waals surface area (Å²) in [7, 11) is 0. The lowest BCUT2D eigenvalue weighted by atomic mass is 9.84. The molecule has 1 aromatic rings. The van der Waals surface area contributed by atoms with Gasteiger partial charge in [-0.3, -0.25) is 4.90 Å². The molecule has 3 N–H and O–H groups in total. The lowest BCUT2D eigenvalue weighted by Gasteiger charge is -2.46. The van der Waals surface area contributed by atoms with Crippen molar-refractivity contribution in [2.75, 3.05) is 18.8 Å². The molecular weight excluding hydrogens is 238 g/mol. The minimum Gasteiger partial charge on any atom is -0.386 e. The Hall–Kier alpha value is -1.13. The van der Waals surface area contributed by atoms with Gasteiger partial charge in [-0.2, -0.15) is 0 Å². The Kier molecular flexibility index (Phi) is 4.42. The average Bonchev–Trinajstić information content (AvgIpc) is 2.47. The van der Waals surface area contributed by atoms with Crippen molar-refractivity contribution in [3.05, 3.63) is 23.9 Å². The molecule has 2 rings (SSSR count). The lowest BCUT2D eigenvalue weighted by Crippen LogP contribution is -2.52. The number of piperidine rings is 1. The molecule has 0 aromatic carbocycles. The van der Waals surface area contributed by atoms with Crippen LogP contribution in [0.15, 0.2) is 18.3 Å². The van der Waals surface area contributed by atoms with Gasteiger partial charge in [-0.15, -0.1) is 0 Å². The normalized spacial score (nSPS) is 21.8. The minimum absolute atomic E-state index is 0.266. The SMILES string of the molecule is CCC(C)(C(O)c1cccnc1N)N1CCCCC1. The number of aliphatic hydroxyl groups is 1. The van der Waals surface area contributed by atoms with E-state index in [1.54, 1.807) is 6.20 Å². The standard InChI is InChI=1S/C15H25N3O/c1-3-15(2,18-10-5-4-6-11-18)13(19)12-8-7-9-17-14(12)16/h7-9,13,19H,3-6,10-11H2,1-2H3,(H2,16,17). The first kappa shape index (κ1) is 14.3. The maximum atomic E-state index is 10.8. The zero-order valence-electron chi connectivity index (χ0n) is 12.0. The first-order chi connectivity index (χ1) is 9.09. The molecule has 2 atom stereocenters. The lowest BCUT2D eigenvalue weighted by molar-refractivity contribution is -0.0350. The highest BCUT2D eigenvalue weighted by atomic mass is 16.3. The van der Waals surface area contributed by atoms with Crippen LogP contribution in [-0.2, 0) is 0 Å². The van der Waals surface area contributed by atoms with Gasteiger partial charge in [0.2, 0.25) is 0 Å². The van der Waals surface area contributed by atoms with Crippen LogP contribution in [0.25, 0.3) is 0 Å². The van der Waals surface area contributed by atoms with Crippen LogP contribution in [0, 0.1) is 0 Å². The van der Waals surface area contributed by atoms with Gasteiger partial charge in [0.25, 0.3) is 0 Å². The minimum atomic E-state index is -0.593. The first-order valence-corrected chi connectivity index (χ1v) is 7.23. The Morgan fingerprint density at radius 2 is 2.11 bits per heavy atom. The molecule has 1 fully saturated rings. The highest BCUT2D eigenvalue weighted by Crippen LogP contribution is 2.37. The number of nitrogens with two attached hydrogens (primary N) is 1. The van der Waals surface area contributed by atoms with Crippen LogP contribution in [0.1, 0.15) is 51.2 Å². The highest BCUT2D eigenvalue weighted by molar-refractivity contribution is 5.41. The average molecular weight is 263 g/mol. The zero-order valence-corrected chi connectivity index (χ0v) is 12.0. The molecule has 2 unspecified atom stereocenters. The quantitative estimate of drug-likeness (QED) is 0.875. The number of anilines is 1. The van der Waals surface area contributed by atoms with E-state index in [1.807, 2.05) is 12.1 Å². The number of likely N-dealkylation sites (tertiary alicyclic amines) is 1. The van der Waals surface area contributed by atoms with Gasteiger partial charge in [-0.1, -0.05) is 19.4 Å². The van der Waals surface area contributed by atoms with E-state index < -0.39 is 6.10 Å². The number of nitrogens with zero attached hydrogens (tertiary/aromatic N) is 2. The number of rotatable bonds is 4. The largest absolute Gasteiger partial charge is 0.386 e. The first-order valence-electron chi connectivity index (χ1n) is 7.23. The fourth-order valence-electron chi connectivity index (χ4n) is 2.99. The van der Waals surface area contributed by atoms with Crippen LogP contribution in [0.2, 0.25) is 0 Å². The second-order valence-corrected chi connectivity index (χ2v) is 5.64. The third-order valence-electron chi connectivity index (χ3n) is 4.55. The van der Waals surface area contributed by atoms with Gasteiger partial charge in [0.05, 0.1) is 0 Å². The summed E-state index contributed by atoms with van der Waals surface area (Å²) >= 11 is 0. The van der Waals surface area contributed by atoms with Crippen molar-refractivity contribution in [2.45, 2.75) is 51.2 Å². The van der Waals surface area contributed by atoms with E-state index in [1.165, 1.54) is 19.3 Å². The summed E-state index contributed by atoms with van der Waals surface area (Å²) in [6.07, 6.45) is 5.68. The number of hydrogen-bond acceptors (Lipinski definition) is 4. The smallest absolute Gasteiger partial charge is 0.129 e. The van der Waals surface area contributed by atoms with E-state index in [2.05, 4.69) is 23.7 Å². The van der Waals surface area contributed by atoms with Crippen LogP contribution in [-0.4, -0.2) is 33.6 Å². The summed E-state index contributed by atoms with van der Waals surface area (Å²) in [4.78, 5) is 6.50. The van der Waals surface area contributed by atoms with Gasteiger partial charge >= 0.3 is 0 Å². The topological polar surface area (TPSA) is 62.4 Å². The van der Waals surface area contributed by atoms with Crippen molar-refractivity contribution in [1.29, 1.82) is 0 Å². The predicted molar refractivity (Wildman–Crippen MR) is 77.7 cm³/mol. The summed E-state index contributed by atoms with van der Waals surface area (Å²) in [6, 6.07) is 3.71. The molecule has 106 valence electrons. The van der Waals surface area contributed by atoms with Crippen molar-refractivity contribution in [3.63, 3.8) is 0 Å². The van der Waals surface area contributed by atoms with Gasteiger partial charge in [0, 0.05) is 17.3 Å². The second-order valence-electron chi connectivity index (χ2n) is 5.64. The Labute approximate surface area is 115 Å². The summed E-state index contributed by atoms with van der Waals surface area (Å²) < 4.78 is 0. The molecule has 1 aliphatic heterocycles. The third-order valence-corrected chi connectivity index (χ3v) is 4.55. The van der Waals surface area contributed by atoms with Crippen LogP contribution >= 0.6 is 0 Å². The Morgan fingerprint density at radius 3 is 2.68 bits per heavy atom. The van der Waals surface area contributed by atoms with E-state index in [0.29, 0.717) is 5.82 Å². The molecule has 0 radical (unpaired) electrons. The highest BCUT2D eigenvalue weighted by Gasteiger charge is 2.39. The Morgan fingerprint density at radius 1 is 1.42 bits per heavy atom. The molecule has 0 amide bonds. The number of nitrogen functional groups attached to an aromatic ring is 1. The van der Waals surface area contributed by atoms with E-state index in [9.17, 15) is 5.11 Å². The van der Waals surface area contributed by atoms with E-state index in [0.717, 1.165) is 25.1 Å². The van der Waals surface area contributed by atoms with Crippen molar-refractivity contribution in [2.24, 2.45) is 0 Å². The van der Waals surface area contributed by atoms with Crippen molar-refractivity contribution < 1.29 is 5.11 Å². The fourth-order valence-corrected chi connectivity index (χ4v) is 2.99. The second kappa shape index (κ2) is 5.88. The molecule has 1 aliphatic rings. The van der Waals surface area contributed by atoms with E-state index in [4.69, 9.17) is 5.73 Å².